The summed E-state index contributed by atoms with van der Waals surface area (Å²) in [6.07, 6.45) is 0. The van der Waals surface area contributed by atoms with Crippen LogP contribution in [0.1, 0.15) is 35.7 Å². The van der Waals surface area contributed by atoms with E-state index in [9.17, 15) is 19.3 Å². The fourth-order valence-corrected chi connectivity index (χ4v) is 2.11. The van der Waals surface area contributed by atoms with Gasteiger partial charge in [0.15, 0.2) is 0 Å². The highest BCUT2D eigenvalue weighted by Crippen LogP contribution is 2.25. The van der Waals surface area contributed by atoms with Crippen LogP contribution in [0, 0.1) is 15.9 Å². The first-order valence-corrected chi connectivity index (χ1v) is 6.74. The van der Waals surface area contributed by atoms with E-state index >= 15 is 0 Å². The molecule has 0 aliphatic rings. The molecule has 0 unspecified atom stereocenters. The van der Waals surface area contributed by atoms with E-state index in [1.165, 1.54) is 0 Å². The van der Waals surface area contributed by atoms with Crippen LogP contribution in [0.3, 0.4) is 0 Å². The average Bonchev–Trinajstić information content (AvgIpc) is 2.47. The van der Waals surface area contributed by atoms with Crippen LogP contribution in [0.25, 0.3) is 0 Å². The number of carbonyl (C=O) groups excluding carboxylic acids is 1. The molecule has 1 amide bonds. The maximum Gasteiger partial charge on any atom is 0.272 e. The lowest BCUT2D eigenvalue weighted by molar-refractivity contribution is -0.385. The minimum absolute atomic E-state index is 0.193. The topological polar surface area (TPSA) is 72.2 Å². The first kappa shape index (κ1) is 15.6. The van der Waals surface area contributed by atoms with Gasteiger partial charge in [-0.05, 0) is 23.6 Å². The number of nitrogens with one attached hydrogen (secondary N) is 1. The van der Waals surface area contributed by atoms with Crippen LogP contribution in [0.15, 0.2) is 42.5 Å². The molecule has 2 aromatic carbocycles. The number of benzene rings is 2. The van der Waals surface area contributed by atoms with E-state index < -0.39 is 22.3 Å². The van der Waals surface area contributed by atoms with Crippen molar-refractivity contribution < 1.29 is 14.1 Å². The Bertz CT molecular complexity index is 729. The van der Waals surface area contributed by atoms with Gasteiger partial charge in [-0.3, -0.25) is 14.9 Å². The van der Waals surface area contributed by atoms with Crippen molar-refractivity contribution in [3.63, 3.8) is 0 Å². The highest BCUT2D eigenvalue weighted by atomic mass is 19.1. The molecular weight excluding hydrogens is 287 g/mol. The molecule has 0 aliphatic carbocycles. The lowest BCUT2D eigenvalue weighted by Gasteiger charge is -2.13. The van der Waals surface area contributed by atoms with Gasteiger partial charge < -0.3 is 5.32 Å². The molecule has 5 nitrogen and oxygen atoms in total. The van der Waals surface area contributed by atoms with Gasteiger partial charge in [-0.1, -0.05) is 32.0 Å². The second-order valence-electron chi connectivity index (χ2n) is 5.12. The number of hydrogen-bond acceptors (Lipinski definition) is 3. The third-order valence-corrected chi connectivity index (χ3v) is 3.24. The van der Waals surface area contributed by atoms with E-state index in [1.807, 2.05) is 26.0 Å². The van der Waals surface area contributed by atoms with Crippen molar-refractivity contribution in [2.24, 2.45) is 0 Å². The Balaban J connectivity index is 2.29. The van der Waals surface area contributed by atoms with Gasteiger partial charge in [-0.25, -0.2) is 4.39 Å². The van der Waals surface area contributed by atoms with Crippen molar-refractivity contribution in [3.8, 4) is 0 Å². The summed E-state index contributed by atoms with van der Waals surface area (Å²) >= 11 is 0. The number of carbonyl (C=O) groups is 1. The van der Waals surface area contributed by atoms with Gasteiger partial charge in [0.25, 0.3) is 11.6 Å². The molecule has 114 valence electrons. The van der Waals surface area contributed by atoms with Crippen LogP contribution in [0.2, 0.25) is 0 Å². The monoisotopic (exact) mass is 302 g/mol. The summed E-state index contributed by atoms with van der Waals surface area (Å²) in [6, 6.07) is 10.2. The summed E-state index contributed by atoms with van der Waals surface area (Å²) in [5.41, 5.74) is 0.902. The van der Waals surface area contributed by atoms with Crippen molar-refractivity contribution in [3.05, 3.63) is 69.5 Å². The van der Waals surface area contributed by atoms with Gasteiger partial charge in [0.2, 0.25) is 0 Å². The van der Waals surface area contributed by atoms with Gasteiger partial charge >= 0.3 is 0 Å². The Morgan fingerprint density at radius 1 is 1.23 bits per heavy atom. The first-order chi connectivity index (χ1) is 10.4. The molecule has 0 saturated carbocycles. The lowest BCUT2D eigenvalue weighted by Crippen LogP contribution is -2.15. The minimum Gasteiger partial charge on any atom is -0.322 e. The van der Waals surface area contributed by atoms with Gasteiger partial charge in [-0.2, -0.15) is 0 Å². The molecule has 0 spiro atoms. The zero-order valence-corrected chi connectivity index (χ0v) is 12.2. The van der Waals surface area contributed by atoms with Crippen LogP contribution in [0.4, 0.5) is 15.8 Å². The number of halogens is 1. The smallest absolute Gasteiger partial charge is 0.272 e. The molecule has 0 heterocycles. The highest BCUT2D eigenvalue weighted by Gasteiger charge is 2.17. The molecule has 1 N–H and O–H groups in total. The number of para-hydroxylation sites is 1. The molecule has 0 saturated heterocycles. The quantitative estimate of drug-likeness (QED) is 0.682. The highest BCUT2D eigenvalue weighted by molar-refractivity contribution is 6.05. The fourth-order valence-electron chi connectivity index (χ4n) is 2.11. The molecule has 0 radical (unpaired) electrons. The summed E-state index contributed by atoms with van der Waals surface area (Å²) in [7, 11) is 0. The normalized spacial score (nSPS) is 10.5. The van der Waals surface area contributed by atoms with Gasteiger partial charge in [0.05, 0.1) is 16.6 Å². The van der Waals surface area contributed by atoms with Crippen molar-refractivity contribution >= 4 is 17.3 Å². The summed E-state index contributed by atoms with van der Waals surface area (Å²) in [4.78, 5) is 22.0. The second-order valence-corrected chi connectivity index (χ2v) is 5.12. The molecule has 0 aliphatic heterocycles. The van der Waals surface area contributed by atoms with E-state index in [2.05, 4.69) is 5.32 Å². The third kappa shape index (κ3) is 3.28. The number of anilines is 1. The zero-order valence-electron chi connectivity index (χ0n) is 12.2. The van der Waals surface area contributed by atoms with Crippen LogP contribution in [0.5, 0.6) is 0 Å². The lowest BCUT2D eigenvalue weighted by atomic mass is 10.0. The largest absolute Gasteiger partial charge is 0.322 e. The number of nitrogens with zero attached hydrogens (tertiary/aromatic N) is 1. The van der Waals surface area contributed by atoms with E-state index in [1.54, 1.807) is 12.1 Å². The molecule has 22 heavy (non-hydrogen) atoms. The molecule has 0 aromatic heterocycles. The average molecular weight is 302 g/mol. The molecule has 2 rings (SSSR count). The Kier molecular flexibility index (Phi) is 4.50. The van der Waals surface area contributed by atoms with Crippen LogP contribution < -0.4 is 5.32 Å². The number of nitro benzene ring substituents is 1. The Labute approximate surface area is 126 Å². The Morgan fingerprint density at radius 2 is 1.91 bits per heavy atom. The fraction of sp³-hybridized carbons (Fsp3) is 0.188. The molecule has 0 bridgehead atoms. The van der Waals surface area contributed by atoms with Crippen LogP contribution in [-0.4, -0.2) is 10.8 Å². The van der Waals surface area contributed by atoms with Gasteiger partial charge in [0.1, 0.15) is 5.82 Å². The molecule has 0 atom stereocenters. The maximum atomic E-state index is 13.9. The van der Waals surface area contributed by atoms with Crippen molar-refractivity contribution in [1.29, 1.82) is 0 Å². The standard InChI is InChI=1S/C16H15FN2O3/c1-10(2)12-5-3-4-6-15(12)18-16(20)13-8-7-11(19(21)22)9-14(13)17/h3-10H,1-2H3,(H,18,20). The molecule has 0 fully saturated rings. The van der Waals surface area contributed by atoms with E-state index in [4.69, 9.17) is 0 Å². The summed E-state index contributed by atoms with van der Waals surface area (Å²) in [5, 5.41) is 13.2. The predicted octanol–water partition coefficient (Wildman–Crippen LogP) is 4.11. The first-order valence-electron chi connectivity index (χ1n) is 6.74. The number of hydrogen-bond donors (Lipinski definition) is 1. The van der Waals surface area contributed by atoms with Crippen LogP contribution >= 0.6 is 0 Å². The van der Waals surface area contributed by atoms with Crippen LogP contribution in [-0.2, 0) is 0 Å². The Morgan fingerprint density at radius 3 is 2.50 bits per heavy atom. The number of non-ortho nitro benzene ring substituents is 1. The van der Waals surface area contributed by atoms with Crippen molar-refractivity contribution in [2.45, 2.75) is 19.8 Å². The molecule has 2 aromatic rings. The number of nitro groups is 1. The van der Waals surface area contributed by atoms with E-state index in [0.717, 1.165) is 23.8 Å². The number of amides is 1. The van der Waals surface area contributed by atoms with Crippen molar-refractivity contribution in [1.82, 2.24) is 0 Å². The van der Waals surface area contributed by atoms with E-state index in [0.29, 0.717) is 5.69 Å². The Hall–Kier alpha value is -2.76. The second kappa shape index (κ2) is 6.34. The SMILES string of the molecule is CC(C)c1ccccc1NC(=O)c1ccc([N+](=O)[O-])cc1F. The molecule has 6 heteroatoms. The third-order valence-electron chi connectivity index (χ3n) is 3.24. The summed E-state index contributed by atoms with van der Waals surface area (Å²) < 4.78 is 13.9. The predicted molar refractivity (Wildman–Crippen MR) is 81.5 cm³/mol. The minimum atomic E-state index is -0.922. The maximum absolute atomic E-state index is 13.9. The molecular formula is C16H15FN2O3. The summed E-state index contributed by atoms with van der Waals surface area (Å²) in [6.45, 7) is 3.97. The number of rotatable bonds is 4. The van der Waals surface area contributed by atoms with Crippen molar-refractivity contribution in [2.75, 3.05) is 5.32 Å². The van der Waals surface area contributed by atoms with Gasteiger partial charge in [0, 0.05) is 11.8 Å². The summed E-state index contributed by atoms with van der Waals surface area (Å²) in [5.74, 6) is -1.37. The van der Waals surface area contributed by atoms with E-state index in [-0.39, 0.29) is 11.5 Å². The zero-order chi connectivity index (χ0) is 16.3. The van der Waals surface area contributed by atoms with Gasteiger partial charge in [-0.15, -0.1) is 0 Å².